The monoisotopic (exact) mass is 393 g/mol. The molecule has 6 nitrogen and oxygen atoms in total. The van der Waals surface area contributed by atoms with E-state index in [2.05, 4.69) is 21.2 Å². The highest BCUT2D eigenvalue weighted by atomic mass is 79.9. The third-order valence-electron chi connectivity index (χ3n) is 3.63. The summed E-state index contributed by atoms with van der Waals surface area (Å²) in [5, 5.41) is 13.5. The van der Waals surface area contributed by atoms with Crippen LogP contribution >= 0.6 is 15.9 Å². The van der Waals surface area contributed by atoms with Gasteiger partial charge in [-0.2, -0.15) is 0 Å². The van der Waals surface area contributed by atoms with Crippen LogP contribution in [0.5, 0.6) is 5.75 Å². The molecule has 0 aliphatic carbocycles. The molecule has 1 atom stereocenters. The lowest BCUT2D eigenvalue weighted by atomic mass is 10.1. The van der Waals surface area contributed by atoms with Crippen LogP contribution in [0, 0.1) is 0 Å². The Morgan fingerprint density at radius 2 is 2.25 bits per heavy atom. The fourth-order valence-electron chi connectivity index (χ4n) is 2.42. The van der Waals surface area contributed by atoms with Crippen molar-refractivity contribution >= 4 is 32.8 Å². The second-order valence-corrected chi connectivity index (χ2v) is 6.00. The number of benzene rings is 1. The molecule has 1 amide bonds. The number of furan rings is 2. The average Bonchev–Trinajstić information content (AvgIpc) is 3.22. The number of amides is 1. The lowest BCUT2D eigenvalue weighted by Gasteiger charge is -2.10. The molecular formula is C17H16BrNO5. The van der Waals surface area contributed by atoms with Crippen LogP contribution in [0.25, 0.3) is 11.0 Å². The molecule has 7 heteroatoms. The van der Waals surface area contributed by atoms with Crippen molar-refractivity contribution in [2.45, 2.75) is 12.5 Å². The topological polar surface area (TPSA) is 84.8 Å². The quantitative estimate of drug-likeness (QED) is 0.667. The molecule has 0 radical (unpaired) electrons. The highest BCUT2D eigenvalue weighted by Gasteiger charge is 2.15. The summed E-state index contributed by atoms with van der Waals surface area (Å²) in [6, 6.07) is 8.50. The number of nitrogens with one attached hydrogen (secondary N) is 1. The Bertz CT molecular complexity index is 840. The lowest BCUT2D eigenvalue weighted by molar-refractivity contribution is 0.0935. The molecule has 0 spiro atoms. The predicted molar refractivity (Wildman–Crippen MR) is 91.1 cm³/mol. The SMILES string of the molecule is COc1cc(C(=O)NCCC(O)c2ccco2)cc2oc(Br)cc12. The summed E-state index contributed by atoms with van der Waals surface area (Å²) in [4.78, 5) is 12.3. The zero-order valence-electron chi connectivity index (χ0n) is 12.9. The first kappa shape index (κ1) is 16.6. The van der Waals surface area contributed by atoms with Crippen molar-refractivity contribution in [1.29, 1.82) is 0 Å². The molecule has 2 heterocycles. The molecule has 2 N–H and O–H groups in total. The second-order valence-electron chi connectivity index (χ2n) is 5.22. The minimum Gasteiger partial charge on any atom is -0.496 e. The summed E-state index contributed by atoms with van der Waals surface area (Å²) >= 11 is 3.27. The summed E-state index contributed by atoms with van der Waals surface area (Å²) < 4.78 is 16.5. The van der Waals surface area contributed by atoms with Crippen molar-refractivity contribution in [3.05, 3.63) is 52.6 Å². The first-order valence-corrected chi connectivity index (χ1v) is 8.14. The van der Waals surface area contributed by atoms with E-state index >= 15 is 0 Å². The Kier molecular flexibility index (Phi) is 4.92. The number of fused-ring (bicyclic) bond motifs is 1. The van der Waals surface area contributed by atoms with Crippen molar-refractivity contribution in [3.8, 4) is 5.75 Å². The van der Waals surface area contributed by atoms with Gasteiger partial charge in [0.1, 0.15) is 23.2 Å². The maximum absolute atomic E-state index is 12.3. The van der Waals surface area contributed by atoms with E-state index in [-0.39, 0.29) is 5.91 Å². The molecule has 3 aromatic rings. The Balaban J connectivity index is 1.67. The summed E-state index contributed by atoms with van der Waals surface area (Å²) in [5.41, 5.74) is 0.982. The Morgan fingerprint density at radius 3 is 2.96 bits per heavy atom. The molecule has 0 bridgehead atoms. The van der Waals surface area contributed by atoms with Crippen molar-refractivity contribution in [2.75, 3.05) is 13.7 Å². The third kappa shape index (κ3) is 3.47. The van der Waals surface area contributed by atoms with Gasteiger partial charge < -0.3 is 24.0 Å². The number of methoxy groups -OCH3 is 1. The van der Waals surface area contributed by atoms with E-state index in [1.807, 2.05) is 0 Å². The maximum Gasteiger partial charge on any atom is 0.251 e. The van der Waals surface area contributed by atoms with E-state index in [1.165, 1.54) is 13.4 Å². The molecule has 0 fully saturated rings. The Hall–Kier alpha value is -2.25. The number of aliphatic hydroxyl groups excluding tert-OH is 1. The molecule has 0 aliphatic rings. The van der Waals surface area contributed by atoms with E-state index in [1.54, 1.807) is 30.3 Å². The number of carbonyl (C=O) groups excluding carboxylic acids is 1. The fourth-order valence-corrected chi connectivity index (χ4v) is 2.83. The van der Waals surface area contributed by atoms with Gasteiger partial charge in [-0.3, -0.25) is 4.79 Å². The van der Waals surface area contributed by atoms with Gasteiger partial charge in [0, 0.05) is 18.2 Å². The van der Waals surface area contributed by atoms with Crippen LogP contribution in [-0.2, 0) is 0 Å². The van der Waals surface area contributed by atoms with Crippen molar-refractivity contribution in [3.63, 3.8) is 0 Å². The molecule has 0 saturated carbocycles. The Morgan fingerprint density at radius 1 is 1.42 bits per heavy atom. The molecule has 3 rings (SSSR count). The number of hydrogen-bond acceptors (Lipinski definition) is 5. The minimum atomic E-state index is -0.752. The normalized spacial score (nSPS) is 12.3. The largest absolute Gasteiger partial charge is 0.496 e. The van der Waals surface area contributed by atoms with Crippen molar-refractivity contribution in [2.24, 2.45) is 0 Å². The van der Waals surface area contributed by atoms with Gasteiger partial charge in [0.2, 0.25) is 0 Å². The molecule has 1 unspecified atom stereocenters. The van der Waals surface area contributed by atoms with Crippen LogP contribution in [0.4, 0.5) is 0 Å². The third-order valence-corrected chi connectivity index (χ3v) is 4.02. The highest BCUT2D eigenvalue weighted by molar-refractivity contribution is 9.10. The van der Waals surface area contributed by atoms with Gasteiger partial charge in [0.25, 0.3) is 5.91 Å². The van der Waals surface area contributed by atoms with E-state index < -0.39 is 6.10 Å². The smallest absolute Gasteiger partial charge is 0.251 e. The number of aliphatic hydroxyl groups is 1. The average molecular weight is 394 g/mol. The second kappa shape index (κ2) is 7.11. The molecule has 0 saturated heterocycles. The van der Waals surface area contributed by atoms with E-state index in [0.717, 1.165) is 5.39 Å². The van der Waals surface area contributed by atoms with Crippen LogP contribution in [0.2, 0.25) is 0 Å². The molecular weight excluding hydrogens is 378 g/mol. The van der Waals surface area contributed by atoms with E-state index in [9.17, 15) is 9.90 Å². The number of ether oxygens (including phenoxy) is 1. The fraction of sp³-hybridized carbons (Fsp3) is 0.235. The molecule has 24 heavy (non-hydrogen) atoms. The van der Waals surface area contributed by atoms with Gasteiger partial charge >= 0.3 is 0 Å². The zero-order chi connectivity index (χ0) is 17.1. The van der Waals surface area contributed by atoms with E-state index in [0.29, 0.717) is 40.3 Å². The zero-order valence-corrected chi connectivity index (χ0v) is 14.5. The standard InChI is InChI=1S/C17H16BrNO5/c1-22-14-7-10(8-15-11(14)9-16(18)24-15)17(21)19-5-4-12(20)13-3-2-6-23-13/h2-3,6-9,12,20H,4-5H2,1H3,(H,19,21). The maximum atomic E-state index is 12.3. The highest BCUT2D eigenvalue weighted by Crippen LogP contribution is 2.32. The molecule has 126 valence electrons. The predicted octanol–water partition coefficient (Wildman–Crippen LogP) is 3.65. The number of carbonyl (C=O) groups is 1. The van der Waals surface area contributed by atoms with Crippen molar-refractivity contribution < 1.29 is 23.5 Å². The minimum absolute atomic E-state index is 0.269. The number of rotatable bonds is 6. The lowest BCUT2D eigenvalue weighted by Crippen LogP contribution is -2.25. The number of hydrogen-bond donors (Lipinski definition) is 2. The van der Waals surface area contributed by atoms with E-state index in [4.69, 9.17) is 13.6 Å². The van der Waals surface area contributed by atoms with Gasteiger partial charge in [0.05, 0.1) is 18.8 Å². The van der Waals surface area contributed by atoms with Gasteiger partial charge in [-0.05, 0) is 46.6 Å². The first-order valence-electron chi connectivity index (χ1n) is 7.35. The van der Waals surface area contributed by atoms with Gasteiger partial charge in [-0.15, -0.1) is 0 Å². The van der Waals surface area contributed by atoms with Crippen LogP contribution in [0.15, 0.2) is 50.1 Å². The van der Waals surface area contributed by atoms with Crippen molar-refractivity contribution in [1.82, 2.24) is 5.32 Å². The van der Waals surface area contributed by atoms with Crippen LogP contribution in [0.1, 0.15) is 28.6 Å². The van der Waals surface area contributed by atoms with Crippen LogP contribution in [0.3, 0.4) is 0 Å². The summed E-state index contributed by atoms with van der Waals surface area (Å²) in [7, 11) is 1.54. The van der Waals surface area contributed by atoms with Crippen LogP contribution in [-0.4, -0.2) is 24.7 Å². The number of halogens is 1. The molecule has 2 aromatic heterocycles. The summed E-state index contributed by atoms with van der Waals surface area (Å²) in [6.07, 6.45) is 1.10. The first-order chi connectivity index (χ1) is 11.6. The van der Waals surface area contributed by atoms with Crippen LogP contribution < -0.4 is 10.1 Å². The summed E-state index contributed by atoms with van der Waals surface area (Å²) in [6.45, 7) is 0.308. The van der Waals surface area contributed by atoms with Gasteiger partial charge in [0.15, 0.2) is 4.67 Å². The Labute approximate surface area is 146 Å². The molecule has 1 aromatic carbocycles. The summed E-state index contributed by atoms with van der Waals surface area (Å²) in [5.74, 6) is 0.768. The van der Waals surface area contributed by atoms with Gasteiger partial charge in [-0.25, -0.2) is 0 Å². The van der Waals surface area contributed by atoms with Gasteiger partial charge in [-0.1, -0.05) is 0 Å². The molecule has 0 aliphatic heterocycles.